The molecule has 1 N–H and O–H groups in total. The number of rotatable bonds is 6. The fourth-order valence-corrected chi connectivity index (χ4v) is 2.81. The zero-order chi connectivity index (χ0) is 14.5. The van der Waals surface area contributed by atoms with Crippen molar-refractivity contribution < 1.29 is 9.53 Å². The Labute approximate surface area is 117 Å². The fourth-order valence-electron chi connectivity index (χ4n) is 2.81. The third-order valence-electron chi connectivity index (χ3n) is 4.55. The molecular weight excluding hydrogens is 240 g/mol. The van der Waals surface area contributed by atoms with Crippen LogP contribution in [0.1, 0.15) is 40.5 Å². The number of methoxy groups -OCH3 is 1. The SMILES string of the molecule is CCNC(C)(CCN1CCC(C)C(C)C1)C(=O)OC. The molecule has 0 aromatic rings. The molecule has 0 radical (unpaired) electrons. The molecule has 0 aromatic heterocycles. The summed E-state index contributed by atoms with van der Waals surface area (Å²) in [6.07, 6.45) is 2.06. The van der Waals surface area contributed by atoms with Gasteiger partial charge in [-0.3, -0.25) is 4.79 Å². The maximum Gasteiger partial charge on any atom is 0.325 e. The second-order valence-corrected chi connectivity index (χ2v) is 6.15. The topological polar surface area (TPSA) is 41.6 Å². The van der Waals surface area contributed by atoms with Gasteiger partial charge in [0.2, 0.25) is 0 Å². The molecule has 1 fully saturated rings. The highest BCUT2D eigenvalue weighted by molar-refractivity contribution is 5.80. The number of ether oxygens (including phenoxy) is 1. The lowest BCUT2D eigenvalue weighted by Crippen LogP contribution is -2.52. The number of likely N-dealkylation sites (tertiary alicyclic amines) is 1. The van der Waals surface area contributed by atoms with Gasteiger partial charge in [0.15, 0.2) is 0 Å². The first kappa shape index (κ1) is 16.4. The average molecular weight is 270 g/mol. The van der Waals surface area contributed by atoms with Crippen molar-refractivity contribution in [3.63, 3.8) is 0 Å². The van der Waals surface area contributed by atoms with E-state index in [0.717, 1.165) is 44.4 Å². The van der Waals surface area contributed by atoms with Gasteiger partial charge in [0.1, 0.15) is 5.54 Å². The summed E-state index contributed by atoms with van der Waals surface area (Å²) in [6.45, 7) is 12.6. The molecule has 1 heterocycles. The van der Waals surface area contributed by atoms with Crippen LogP contribution in [-0.2, 0) is 9.53 Å². The van der Waals surface area contributed by atoms with Gasteiger partial charge in [-0.1, -0.05) is 20.8 Å². The van der Waals surface area contributed by atoms with Gasteiger partial charge in [-0.15, -0.1) is 0 Å². The Morgan fingerprint density at radius 2 is 2.11 bits per heavy atom. The van der Waals surface area contributed by atoms with Gasteiger partial charge in [-0.05, 0) is 44.7 Å². The molecular formula is C15H30N2O2. The molecule has 0 saturated carbocycles. The molecule has 112 valence electrons. The van der Waals surface area contributed by atoms with E-state index < -0.39 is 5.54 Å². The highest BCUT2D eigenvalue weighted by atomic mass is 16.5. The first-order chi connectivity index (χ1) is 8.92. The Morgan fingerprint density at radius 3 is 2.63 bits per heavy atom. The van der Waals surface area contributed by atoms with Crippen molar-refractivity contribution in [3.05, 3.63) is 0 Å². The number of piperidine rings is 1. The Bertz CT molecular complexity index is 296. The third-order valence-corrected chi connectivity index (χ3v) is 4.55. The smallest absolute Gasteiger partial charge is 0.325 e. The van der Waals surface area contributed by atoms with E-state index in [4.69, 9.17) is 4.74 Å². The monoisotopic (exact) mass is 270 g/mol. The van der Waals surface area contributed by atoms with E-state index in [1.807, 2.05) is 13.8 Å². The fraction of sp³-hybridized carbons (Fsp3) is 0.933. The van der Waals surface area contributed by atoms with Crippen molar-refractivity contribution in [2.24, 2.45) is 11.8 Å². The van der Waals surface area contributed by atoms with Gasteiger partial charge < -0.3 is 15.0 Å². The standard InChI is InChI=1S/C15H30N2O2/c1-6-16-15(4,14(18)19-5)8-10-17-9-7-12(2)13(3)11-17/h12-13,16H,6-11H2,1-5H3. The van der Waals surface area contributed by atoms with Crippen molar-refractivity contribution in [1.29, 1.82) is 0 Å². The lowest BCUT2D eigenvalue weighted by Gasteiger charge is -2.37. The summed E-state index contributed by atoms with van der Waals surface area (Å²) in [4.78, 5) is 14.4. The van der Waals surface area contributed by atoms with Crippen molar-refractivity contribution in [3.8, 4) is 0 Å². The van der Waals surface area contributed by atoms with Gasteiger partial charge in [0.25, 0.3) is 0 Å². The number of nitrogens with zero attached hydrogens (tertiary/aromatic N) is 1. The maximum absolute atomic E-state index is 11.9. The Kier molecular flexibility index (Phi) is 6.27. The van der Waals surface area contributed by atoms with Crippen LogP contribution in [0.25, 0.3) is 0 Å². The number of hydrogen-bond donors (Lipinski definition) is 1. The summed E-state index contributed by atoms with van der Waals surface area (Å²) < 4.78 is 4.93. The largest absolute Gasteiger partial charge is 0.468 e. The average Bonchev–Trinajstić information content (AvgIpc) is 2.39. The van der Waals surface area contributed by atoms with Crippen LogP contribution in [0.3, 0.4) is 0 Å². The zero-order valence-electron chi connectivity index (χ0n) is 13.2. The van der Waals surface area contributed by atoms with Gasteiger partial charge in [-0.2, -0.15) is 0 Å². The lowest BCUT2D eigenvalue weighted by molar-refractivity contribution is -0.148. The van der Waals surface area contributed by atoms with Crippen molar-refractivity contribution in [2.45, 2.75) is 46.1 Å². The predicted octanol–water partition coefficient (Wildman–Crippen LogP) is 1.90. The molecule has 3 unspecified atom stereocenters. The summed E-state index contributed by atoms with van der Waals surface area (Å²) in [7, 11) is 1.46. The molecule has 1 aliphatic rings. The quantitative estimate of drug-likeness (QED) is 0.749. The molecule has 0 amide bonds. The minimum absolute atomic E-state index is 0.159. The van der Waals surface area contributed by atoms with Crippen LogP contribution in [0.15, 0.2) is 0 Å². The molecule has 0 aliphatic carbocycles. The normalized spacial score (nSPS) is 27.8. The van der Waals surface area contributed by atoms with Crippen LogP contribution in [0, 0.1) is 11.8 Å². The van der Waals surface area contributed by atoms with Crippen LogP contribution in [0.2, 0.25) is 0 Å². The number of carbonyl (C=O) groups excluding carboxylic acids is 1. The minimum Gasteiger partial charge on any atom is -0.468 e. The lowest BCUT2D eigenvalue weighted by atomic mass is 9.88. The second-order valence-electron chi connectivity index (χ2n) is 6.15. The van der Waals surface area contributed by atoms with E-state index in [0.29, 0.717) is 0 Å². The number of hydrogen-bond acceptors (Lipinski definition) is 4. The van der Waals surface area contributed by atoms with Crippen molar-refractivity contribution in [1.82, 2.24) is 10.2 Å². The van der Waals surface area contributed by atoms with E-state index in [-0.39, 0.29) is 5.97 Å². The third kappa shape index (κ3) is 4.46. The van der Waals surface area contributed by atoms with E-state index in [1.165, 1.54) is 13.5 Å². The van der Waals surface area contributed by atoms with E-state index in [9.17, 15) is 4.79 Å². The maximum atomic E-state index is 11.9. The molecule has 0 bridgehead atoms. The van der Waals surface area contributed by atoms with Gasteiger partial charge in [0.05, 0.1) is 7.11 Å². The zero-order valence-corrected chi connectivity index (χ0v) is 13.2. The Morgan fingerprint density at radius 1 is 1.42 bits per heavy atom. The molecule has 0 aromatic carbocycles. The Hall–Kier alpha value is -0.610. The Balaban J connectivity index is 2.50. The van der Waals surface area contributed by atoms with Gasteiger partial charge in [0, 0.05) is 13.1 Å². The molecule has 1 saturated heterocycles. The second kappa shape index (κ2) is 7.25. The molecule has 3 atom stereocenters. The number of likely N-dealkylation sites (N-methyl/N-ethyl adjacent to an activating group) is 1. The highest BCUT2D eigenvalue weighted by Crippen LogP contribution is 2.23. The summed E-state index contributed by atoms with van der Waals surface area (Å²) in [5.74, 6) is 1.40. The van der Waals surface area contributed by atoms with Crippen LogP contribution >= 0.6 is 0 Å². The molecule has 1 aliphatic heterocycles. The molecule has 19 heavy (non-hydrogen) atoms. The number of nitrogens with one attached hydrogen (secondary N) is 1. The van der Waals surface area contributed by atoms with Gasteiger partial charge >= 0.3 is 5.97 Å². The highest BCUT2D eigenvalue weighted by Gasteiger charge is 2.34. The van der Waals surface area contributed by atoms with Crippen LogP contribution in [0.5, 0.6) is 0 Å². The number of carbonyl (C=O) groups is 1. The predicted molar refractivity (Wildman–Crippen MR) is 78.1 cm³/mol. The van der Waals surface area contributed by atoms with E-state index in [1.54, 1.807) is 0 Å². The first-order valence-electron chi connectivity index (χ1n) is 7.48. The molecule has 4 heteroatoms. The first-order valence-corrected chi connectivity index (χ1v) is 7.48. The van der Waals surface area contributed by atoms with Crippen LogP contribution in [0.4, 0.5) is 0 Å². The minimum atomic E-state index is -0.560. The molecule has 0 spiro atoms. The van der Waals surface area contributed by atoms with E-state index in [2.05, 4.69) is 24.1 Å². The van der Waals surface area contributed by atoms with Crippen molar-refractivity contribution in [2.75, 3.05) is 33.3 Å². The van der Waals surface area contributed by atoms with E-state index >= 15 is 0 Å². The van der Waals surface area contributed by atoms with Crippen LogP contribution < -0.4 is 5.32 Å². The summed E-state index contributed by atoms with van der Waals surface area (Å²) in [5.41, 5.74) is -0.560. The summed E-state index contributed by atoms with van der Waals surface area (Å²) in [5, 5.41) is 3.27. The van der Waals surface area contributed by atoms with Crippen LogP contribution in [-0.4, -0.2) is 49.7 Å². The molecule has 4 nitrogen and oxygen atoms in total. The summed E-state index contributed by atoms with van der Waals surface area (Å²) >= 11 is 0. The van der Waals surface area contributed by atoms with Crippen molar-refractivity contribution >= 4 is 5.97 Å². The number of esters is 1. The summed E-state index contributed by atoms with van der Waals surface area (Å²) in [6, 6.07) is 0. The van der Waals surface area contributed by atoms with Gasteiger partial charge in [-0.25, -0.2) is 0 Å². The molecule has 1 rings (SSSR count).